The summed E-state index contributed by atoms with van der Waals surface area (Å²) in [5.74, 6) is 0.875. The van der Waals surface area contributed by atoms with E-state index in [1.54, 1.807) is 36.0 Å². The van der Waals surface area contributed by atoms with Crippen LogP contribution in [0.3, 0.4) is 0 Å². The number of para-hydroxylation sites is 3. The van der Waals surface area contributed by atoms with Gasteiger partial charge in [-0.05, 0) is 30.0 Å². The third-order valence-electron chi connectivity index (χ3n) is 3.87. The fourth-order valence-electron chi connectivity index (χ4n) is 2.72. The molecule has 0 unspecified atom stereocenters. The first-order valence-electron chi connectivity index (χ1n) is 8.16. The van der Waals surface area contributed by atoms with Gasteiger partial charge in [-0.1, -0.05) is 31.2 Å². The highest BCUT2D eigenvalue weighted by Crippen LogP contribution is 2.35. The standard InChI is InChI=1S/C18H20N2O4S2/c1-3-25-17-11-7-4-8-13(17)19-18(21)16-12-20(26(2,22)23)14-9-5-6-10-15(14)24-16/h4-11,16H,3,12H2,1-2H3,(H,19,21)/t16-/m1/s1. The zero-order chi connectivity index (χ0) is 18.7. The molecule has 2 aromatic carbocycles. The molecule has 0 saturated carbocycles. The molecule has 1 atom stereocenters. The molecule has 0 aromatic heterocycles. The van der Waals surface area contributed by atoms with Crippen molar-refractivity contribution in [2.75, 3.05) is 28.2 Å². The van der Waals surface area contributed by atoms with E-state index >= 15 is 0 Å². The number of hydrogen-bond donors (Lipinski definition) is 1. The zero-order valence-corrected chi connectivity index (χ0v) is 16.1. The molecule has 0 fully saturated rings. The van der Waals surface area contributed by atoms with Crippen LogP contribution in [-0.2, 0) is 14.8 Å². The van der Waals surface area contributed by atoms with E-state index in [9.17, 15) is 13.2 Å². The molecule has 138 valence electrons. The number of fused-ring (bicyclic) bond motifs is 1. The van der Waals surface area contributed by atoms with Crippen molar-refractivity contribution in [2.24, 2.45) is 0 Å². The van der Waals surface area contributed by atoms with Crippen molar-refractivity contribution in [3.05, 3.63) is 48.5 Å². The van der Waals surface area contributed by atoms with Crippen LogP contribution in [0.1, 0.15) is 6.92 Å². The Morgan fingerprint density at radius 1 is 1.23 bits per heavy atom. The van der Waals surface area contributed by atoms with Crippen molar-refractivity contribution in [1.29, 1.82) is 0 Å². The molecule has 26 heavy (non-hydrogen) atoms. The quantitative estimate of drug-likeness (QED) is 0.792. The minimum atomic E-state index is -3.53. The maximum absolute atomic E-state index is 12.7. The highest BCUT2D eigenvalue weighted by atomic mass is 32.2. The lowest BCUT2D eigenvalue weighted by molar-refractivity contribution is -0.122. The number of carbonyl (C=O) groups is 1. The van der Waals surface area contributed by atoms with E-state index in [1.807, 2.05) is 31.2 Å². The Balaban J connectivity index is 1.85. The molecule has 1 amide bonds. The van der Waals surface area contributed by atoms with E-state index in [-0.39, 0.29) is 12.5 Å². The third-order valence-corrected chi connectivity index (χ3v) is 5.97. The van der Waals surface area contributed by atoms with Crippen LogP contribution in [0.25, 0.3) is 0 Å². The first-order chi connectivity index (χ1) is 12.4. The van der Waals surface area contributed by atoms with Gasteiger partial charge in [0.05, 0.1) is 24.2 Å². The summed E-state index contributed by atoms with van der Waals surface area (Å²) < 4.78 is 31.3. The van der Waals surface area contributed by atoms with Crippen molar-refractivity contribution in [3.63, 3.8) is 0 Å². The molecule has 2 aromatic rings. The Bertz CT molecular complexity index is 915. The molecule has 0 aliphatic carbocycles. The number of nitrogens with zero attached hydrogens (tertiary/aromatic N) is 1. The predicted octanol–water partition coefficient (Wildman–Crippen LogP) is 2.96. The number of hydrogen-bond acceptors (Lipinski definition) is 5. The fourth-order valence-corrected chi connectivity index (χ4v) is 4.39. The van der Waals surface area contributed by atoms with Crippen LogP contribution in [0.5, 0.6) is 5.75 Å². The molecule has 3 rings (SSSR count). The molecule has 0 radical (unpaired) electrons. The van der Waals surface area contributed by atoms with E-state index in [0.717, 1.165) is 16.9 Å². The normalized spacial score (nSPS) is 16.5. The SMILES string of the molecule is CCSc1ccccc1NC(=O)[C@H]1CN(S(C)(=O)=O)c2ccccc2O1. The number of thioether (sulfide) groups is 1. The van der Waals surface area contributed by atoms with Gasteiger partial charge >= 0.3 is 0 Å². The van der Waals surface area contributed by atoms with Crippen molar-refractivity contribution >= 4 is 39.1 Å². The van der Waals surface area contributed by atoms with Gasteiger partial charge in [0.15, 0.2) is 6.10 Å². The number of sulfonamides is 1. The summed E-state index contributed by atoms with van der Waals surface area (Å²) in [4.78, 5) is 13.7. The van der Waals surface area contributed by atoms with Gasteiger partial charge in [0.1, 0.15) is 5.75 Å². The number of ether oxygens (including phenoxy) is 1. The Morgan fingerprint density at radius 3 is 2.65 bits per heavy atom. The number of anilines is 2. The molecule has 1 aliphatic heterocycles. The molecule has 1 N–H and O–H groups in total. The van der Waals surface area contributed by atoms with Gasteiger partial charge in [0.25, 0.3) is 5.91 Å². The van der Waals surface area contributed by atoms with Crippen molar-refractivity contribution in [2.45, 2.75) is 17.9 Å². The zero-order valence-electron chi connectivity index (χ0n) is 14.5. The first-order valence-corrected chi connectivity index (χ1v) is 11.0. The van der Waals surface area contributed by atoms with E-state index in [2.05, 4.69) is 5.32 Å². The fraction of sp³-hybridized carbons (Fsp3) is 0.278. The smallest absolute Gasteiger partial charge is 0.267 e. The van der Waals surface area contributed by atoms with Crippen molar-refractivity contribution in [3.8, 4) is 5.75 Å². The number of amides is 1. The Hall–Kier alpha value is -2.19. The minimum Gasteiger partial charge on any atom is -0.476 e. The molecule has 1 heterocycles. The molecular formula is C18H20N2O4S2. The summed E-state index contributed by atoms with van der Waals surface area (Å²) in [5, 5.41) is 2.86. The average molecular weight is 393 g/mol. The van der Waals surface area contributed by atoms with Gasteiger partial charge in [-0.2, -0.15) is 0 Å². The summed E-state index contributed by atoms with van der Waals surface area (Å²) in [5.41, 5.74) is 1.14. The molecule has 0 bridgehead atoms. The molecule has 6 nitrogen and oxygen atoms in total. The topological polar surface area (TPSA) is 75.7 Å². The van der Waals surface area contributed by atoms with E-state index in [4.69, 9.17) is 4.74 Å². The number of rotatable bonds is 5. The summed E-state index contributed by atoms with van der Waals surface area (Å²) in [6.45, 7) is 1.97. The van der Waals surface area contributed by atoms with E-state index in [1.165, 1.54) is 4.31 Å². The lowest BCUT2D eigenvalue weighted by Gasteiger charge is -2.33. The molecule has 8 heteroatoms. The summed E-state index contributed by atoms with van der Waals surface area (Å²) in [7, 11) is -3.53. The van der Waals surface area contributed by atoms with Crippen LogP contribution >= 0.6 is 11.8 Å². The highest BCUT2D eigenvalue weighted by molar-refractivity contribution is 7.99. The second kappa shape index (κ2) is 7.59. The molecule has 1 aliphatic rings. The molecule has 0 saturated heterocycles. The van der Waals surface area contributed by atoms with Gasteiger partial charge in [-0.3, -0.25) is 9.10 Å². The van der Waals surface area contributed by atoms with Crippen LogP contribution in [0.15, 0.2) is 53.4 Å². The van der Waals surface area contributed by atoms with E-state index < -0.39 is 16.1 Å². The second-order valence-corrected chi connectivity index (χ2v) is 9.00. The lowest BCUT2D eigenvalue weighted by atomic mass is 10.2. The largest absolute Gasteiger partial charge is 0.476 e. The minimum absolute atomic E-state index is 0.0647. The van der Waals surface area contributed by atoms with Crippen LogP contribution < -0.4 is 14.4 Å². The van der Waals surface area contributed by atoms with Crippen LogP contribution in [0.4, 0.5) is 11.4 Å². The van der Waals surface area contributed by atoms with Crippen molar-refractivity contribution < 1.29 is 17.9 Å². The second-order valence-electron chi connectivity index (χ2n) is 5.79. The summed E-state index contributed by atoms with van der Waals surface area (Å²) in [6.07, 6.45) is 0.191. The third kappa shape index (κ3) is 3.96. The Labute approximate surface area is 157 Å². The number of benzene rings is 2. The van der Waals surface area contributed by atoms with Gasteiger partial charge in [0.2, 0.25) is 10.0 Å². The van der Waals surface area contributed by atoms with Crippen LogP contribution in [-0.4, -0.2) is 39.0 Å². The summed E-state index contributed by atoms with van der Waals surface area (Å²) in [6, 6.07) is 14.3. The Kier molecular flexibility index (Phi) is 5.43. The maximum atomic E-state index is 12.7. The van der Waals surface area contributed by atoms with E-state index in [0.29, 0.717) is 17.1 Å². The monoisotopic (exact) mass is 392 g/mol. The van der Waals surface area contributed by atoms with Crippen LogP contribution in [0.2, 0.25) is 0 Å². The lowest BCUT2D eigenvalue weighted by Crippen LogP contribution is -2.48. The van der Waals surface area contributed by atoms with Crippen molar-refractivity contribution in [1.82, 2.24) is 0 Å². The number of carbonyl (C=O) groups excluding carboxylic acids is 1. The molecule has 0 spiro atoms. The van der Waals surface area contributed by atoms with Gasteiger partial charge < -0.3 is 10.1 Å². The predicted molar refractivity (Wildman–Crippen MR) is 105 cm³/mol. The maximum Gasteiger partial charge on any atom is 0.267 e. The van der Waals surface area contributed by atoms with Crippen LogP contribution in [0, 0.1) is 0 Å². The van der Waals surface area contributed by atoms with Gasteiger partial charge in [-0.25, -0.2) is 8.42 Å². The molecular weight excluding hydrogens is 372 g/mol. The number of nitrogens with one attached hydrogen (secondary N) is 1. The summed E-state index contributed by atoms with van der Waals surface area (Å²) >= 11 is 1.62. The van der Waals surface area contributed by atoms with Gasteiger partial charge in [0, 0.05) is 4.90 Å². The average Bonchev–Trinajstić information content (AvgIpc) is 2.61. The van der Waals surface area contributed by atoms with Gasteiger partial charge in [-0.15, -0.1) is 11.8 Å². The Morgan fingerprint density at radius 2 is 1.92 bits per heavy atom. The first kappa shape index (κ1) is 18.6. The highest BCUT2D eigenvalue weighted by Gasteiger charge is 2.35.